The summed E-state index contributed by atoms with van der Waals surface area (Å²) >= 11 is 2.64. The monoisotopic (exact) mass is 224 g/mol. The van der Waals surface area contributed by atoms with Gasteiger partial charge < -0.3 is 9.05 Å². The van der Waals surface area contributed by atoms with Gasteiger partial charge in [0.25, 0.3) is 0 Å². The number of hydrogen-bond donors (Lipinski definition) is 0. The maximum Gasteiger partial charge on any atom is 0.394 e. The molecule has 0 aliphatic carbocycles. The van der Waals surface area contributed by atoms with E-state index in [4.69, 9.17) is 9.05 Å². The third kappa shape index (κ3) is 2.61. The van der Waals surface area contributed by atoms with E-state index in [1.54, 1.807) is 0 Å². The van der Waals surface area contributed by atoms with E-state index >= 15 is 0 Å². The molecule has 0 aromatic carbocycles. The van der Waals surface area contributed by atoms with Gasteiger partial charge >= 0.3 is 6.80 Å². The Hall–Kier alpha value is 0.200. The average Bonchev–Trinajstić information content (AvgIpc) is 2.57. The average molecular weight is 224 g/mol. The molecule has 0 saturated carbocycles. The normalized spacial score (nSPS) is 11.8. The van der Waals surface area contributed by atoms with Gasteiger partial charge in [0.1, 0.15) is 0 Å². The van der Waals surface area contributed by atoms with Crippen molar-refractivity contribution in [2.75, 3.05) is 14.2 Å². The SMILES string of the molecule is COP(=O)(OC)Sc1cccs1. The van der Waals surface area contributed by atoms with Crippen molar-refractivity contribution in [1.82, 2.24) is 0 Å². The van der Waals surface area contributed by atoms with Gasteiger partial charge in [0.2, 0.25) is 0 Å². The van der Waals surface area contributed by atoms with Crippen LogP contribution in [0.4, 0.5) is 0 Å². The third-order valence-electron chi connectivity index (χ3n) is 1.14. The van der Waals surface area contributed by atoms with Gasteiger partial charge in [-0.3, -0.25) is 0 Å². The first-order valence-electron chi connectivity index (χ1n) is 3.15. The first-order chi connectivity index (χ1) is 5.70. The molecule has 0 atom stereocenters. The Morgan fingerprint density at radius 2 is 2.17 bits per heavy atom. The predicted molar refractivity (Wildman–Crippen MR) is 51.8 cm³/mol. The van der Waals surface area contributed by atoms with Crippen LogP contribution in [-0.2, 0) is 13.6 Å². The zero-order chi connectivity index (χ0) is 9.03. The lowest BCUT2D eigenvalue weighted by Crippen LogP contribution is -1.81. The van der Waals surface area contributed by atoms with E-state index in [1.807, 2.05) is 17.5 Å². The fraction of sp³-hybridized carbons (Fsp3) is 0.333. The van der Waals surface area contributed by atoms with E-state index in [0.29, 0.717) is 0 Å². The molecule has 68 valence electrons. The molecule has 3 nitrogen and oxygen atoms in total. The van der Waals surface area contributed by atoms with Gasteiger partial charge in [0.15, 0.2) is 0 Å². The molecule has 0 amide bonds. The molecule has 0 aliphatic rings. The zero-order valence-corrected chi connectivity index (χ0v) is 9.25. The number of hydrogen-bond acceptors (Lipinski definition) is 5. The lowest BCUT2D eigenvalue weighted by molar-refractivity contribution is 0.295. The molecule has 6 heteroatoms. The van der Waals surface area contributed by atoms with Crippen molar-refractivity contribution in [2.45, 2.75) is 4.21 Å². The van der Waals surface area contributed by atoms with Crippen LogP contribution >= 0.6 is 29.5 Å². The summed E-state index contributed by atoms with van der Waals surface area (Å²) in [6.45, 7) is -2.94. The molecule has 0 N–H and O–H groups in total. The highest BCUT2D eigenvalue weighted by atomic mass is 32.7. The molecular weight excluding hydrogens is 215 g/mol. The smallest absolute Gasteiger partial charge is 0.304 e. The predicted octanol–water partition coefficient (Wildman–Crippen LogP) is 3.24. The summed E-state index contributed by atoms with van der Waals surface area (Å²) in [6.07, 6.45) is 0. The summed E-state index contributed by atoms with van der Waals surface area (Å²) in [5.74, 6) is 0. The van der Waals surface area contributed by atoms with Crippen molar-refractivity contribution >= 4 is 29.5 Å². The van der Waals surface area contributed by atoms with Crippen molar-refractivity contribution in [1.29, 1.82) is 0 Å². The van der Waals surface area contributed by atoms with Crippen molar-refractivity contribution in [3.63, 3.8) is 0 Å². The van der Waals surface area contributed by atoms with E-state index in [1.165, 1.54) is 25.6 Å². The van der Waals surface area contributed by atoms with E-state index in [2.05, 4.69) is 0 Å². The molecule has 1 aromatic heterocycles. The number of thiophene rings is 1. The fourth-order valence-electron chi connectivity index (χ4n) is 0.575. The van der Waals surface area contributed by atoms with Gasteiger partial charge in [0, 0.05) is 25.6 Å². The van der Waals surface area contributed by atoms with Crippen LogP contribution in [-0.4, -0.2) is 14.2 Å². The molecule has 1 aromatic rings. The van der Waals surface area contributed by atoms with Crippen molar-refractivity contribution in [2.24, 2.45) is 0 Å². The Morgan fingerprint density at radius 3 is 2.58 bits per heavy atom. The van der Waals surface area contributed by atoms with Crippen LogP contribution in [0.1, 0.15) is 0 Å². The van der Waals surface area contributed by atoms with Crippen molar-refractivity contribution in [3.8, 4) is 0 Å². The Balaban J connectivity index is 2.67. The summed E-state index contributed by atoms with van der Waals surface area (Å²) in [5.41, 5.74) is 0. The van der Waals surface area contributed by atoms with Gasteiger partial charge in [-0.25, -0.2) is 4.57 Å². The Morgan fingerprint density at radius 1 is 1.50 bits per heavy atom. The minimum Gasteiger partial charge on any atom is -0.304 e. The molecule has 1 rings (SSSR count). The number of rotatable bonds is 4. The second-order valence-electron chi connectivity index (χ2n) is 1.84. The van der Waals surface area contributed by atoms with E-state index in [-0.39, 0.29) is 0 Å². The van der Waals surface area contributed by atoms with E-state index in [9.17, 15) is 4.57 Å². The van der Waals surface area contributed by atoms with Gasteiger partial charge in [-0.1, -0.05) is 6.07 Å². The van der Waals surface area contributed by atoms with Crippen LogP contribution < -0.4 is 0 Å². The van der Waals surface area contributed by atoms with E-state index < -0.39 is 6.80 Å². The summed E-state index contributed by atoms with van der Waals surface area (Å²) in [7, 11) is 2.76. The van der Waals surface area contributed by atoms with Crippen LogP contribution in [0, 0.1) is 0 Å². The quantitative estimate of drug-likeness (QED) is 0.735. The fourth-order valence-corrected chi connectivity index (χ4v) is 4.52. The molecule has 1 heterocycles. The van der Waals surface area contributed by atoms with E-state index in [0.717, 1.165) is 15.6 Å². The summed E-state index contributed by atoms with van der Waals surface area (Å²) in [4.78, 5) is 0. The third-order valence-corrected chi connectivity index (χ3v) is 6.30. The largest absolute Gasteiger partial charge is 0.394 e. The standard InChI is InChI=1S/C6H9O3PS2/c1-8-10(7,9-2)12-6-4-3-5-11-6/h3-5H,1-2H3. The summed E-state index contributed by atoms with van der Waals surface area (Å²) in [6, 6.07) is 3.77. The van der Waals surface area contributed by atoms with Crippen molar-refractivity contribution in [3.05, 3.63) is 17.5 Å². The Bertz CT molecular complexity index is 264. The first-order valence-corrected chi connectivity index (χ1v) is 6.99. The minimum atomic E-state index is -2.94. The zero-order valence-electron chi connectivity index (χ0n) is 6.72. The van der Waals surface area contributed by atoms with Gasteiger partial charge in [0.05, 0.1) is 4.21 Å². The molecule has 0 saturated heterocycles. The molecule has 0 fully saturated rings. The summed E-state index contributed by atoms with van der Waals surface area (Å²) < 4.78 is 22.0. The lowest BCUT2D eigenvalue weighted by Gasteiger charge is -2.10. The molecule has 0 bridgehead atoms. The maximum atomic E-state index is 11.5. The second-order valence-corrected chi connectivity index (χ2v) is 7.18. The van der Waals surface area contributed by atoms with Crippen molar-refractivity contribution < 1.29 is 13.6 Å². The molecule has 0 spiro atoms. The maximum absolute atomic E-state index is 11.5. The van der Waals surface area contributed by atoms with Crippen LogP contribution in [0.15, 0.2) is 21.7 Å². The van der Waals surface area contributed by atoms with Crippen LogP contribution in [0.5, 0.6) is 0 Å². The first kappa shape index (κ1) is 10.3. The van der Waals surface area contributed by atoms with Gasteiger partial charge in [-0.15, -0.1) is 11.3 Å². The molecule has 12 heavy (non-hydrogen) atoms. The Kier molecular flexibility index (Phi) is 3.80. The molecular formula is C6H9O3PS2. The topological polar surface area (TPSA) is 35.5 Å². The minimum absolute atomic E-state index is 0.932. The molecule has 0 aliphatic heterocycles. The Labute approximate surface area is 79.4 Å². The molecule has 0 radical (unpaired) electrons. The highest BCUT2D eigenvalue weighted by molar-refractivity contribution is 8.55. The summed E-state index contributed by atoms with van der Waals surface area (Å²) in [5, 5.41) is 1.91. The van der Waals surface area contributed by atoms with Gasteiger partial charge in [-0.2, -0.15) is 0 Å². The highest BCUT2D eigenvalue weighted by Crippen LogP contribution is 2.63. The van der Waals surface area contributed by atoms with Crippen LogP contribution in [0.2, 0.25) is 0 Å². The highest BCUT2D eigenvalue weighted by Gasteiger charge is 2.23. The van der Waals surface area contributed by atoms with Gasteiger partial charge in [-0.05, 0) is 11.4 Å². The van der Waals surface area contributed by atoms with Crippen LogP contribution in [0.3, 0.4) is 0 Å². The van der Waals surface area contributed by atoms with Crippen LogP contribution in [0.25, 0.3) is 0 Å². The second kappa shape index (κ2) is 4.44. The molecule has 0 unspecified atom stereocenters. The lowest BCUT2D eigenvalue weighted by atomic mass is 10.7.